The molecule has 92 valence electrons. The second-order valence-corrected chi connectivity index (χ2v) is 4.18. The average molecular weight is 263 g/mol. The van der Waals surface area contributed by atoms with Crippen molar-refractivity contribution in [2.45, 2.75) is 0 Å². The summed E-state index contributed by atoms with van der Waals surface area (Å²) in [6.45, 7) is 0. The Bertz CT molecular complexity index is 582. The van der Waals surface area contributed by atoms with Crippen molar-refractivity contribution in [3.8, 4) is 0 Å². The molecule has 2 aromatic rings. The topological polar surface area (TPSA) is 75.3 Å². The number of carboxylic acids is 1. The molecule has 0 amide bonds. The number of hydrogen-bond donors (Lipinski definition) is 3. The predicted molar refractivity (Wildman–Crippen MR) is 72.5 cm³/mol. The van der Waals surface area contributed by atoms with E-state index in [2.05, 4.69) is 5.32 Å². The molecule has 0 saturated carbocycles. The third kappa shape index (κ3) is 2.73. The molecule has 0 bridgehead atoms. The zero-order valence-electron chi connectivity index (χ0n) is 9.35. The number of benzene rings is 2. The van der Waals surface area contributed by atoms with E-state index in [0.717, 1.165) is 5.69 Å². The largest absolute Gasteiger partial charge is 0.478 e. The lowest BCUT2D eigenvalue weighted by Crippen LogP contribution is -2.03. The van der Waals surface area contributed by atoms with Crippen LogP contribution in [0.1, 0.15) is 10.4 Å². The maximum absolute atomic E-state index is 11.1. The predicted octanol–water partition coefficient (Wildman–Crippen LogP) is 3.36. The van der Waals surface area contributed by atoms with Gasteiger partial charge in [-0.3, -0.25) is 0 Å². The van der Waals surface area contributed by atoms with Gasteiger partial charge in [-0.05, 0) is 42.5 Å². The number of nitrogens with one attached hydrogen (secondary N) is 1. The highest BCUT2D eigenvalue weighted by atomic mass is 35.5. The van der Waals surface area contributed by atoms with Gasteiger partial charge in [0.25, 0.3) is 0 Å². The SMILES string of the molecule is Nc1ccc(Nc2ccc(Cl)cc2)c(C(=O)O)c1. The first-order valence-corrected chi connectivity index (χ1v) is 5.59. The summed E-state index contributed by atoms with van der Waals surface area (Å²) in [5.74, 6) is -1.03. The summed E-state index contributed by atoms with van der Waals surface area (Å²) in [4.78, 5) is 11.1. The molecule has 4 nitrogen and oxygen atoms in total. The maximum Gasteiger partial charge on any atom is 0.337 e. The van der Waals surface area contributed by atoms with Crippen molar-refractivity contribution in [1.29, 1.82) is 0 Å². The number of carboxylic acid groups (broad SMARTS) is 1. The zero-order valence-corrected chi connectivity index (χ0v) is 10.1. The number of hydrogen-bond acceptors (Lipinski definition) is 3. The van der Waals surface area contributed by atoms with Crippen molar-refractivity contribution < 1.29 is 9.90 Å². The summed E-state index contributed by atoms with van der Waals surface area (Å²) in [5.41, 5.74) is 7.35. The van der Waals surface area contributed by atoms with E-state index in [-0.39, 0.29) is 5.56 Å². The summed E-state index contributed by atoms with van der Waals surface area (Å²) in [5, 5.41) is 12.7. The highest BCUT2D eigenvalue weighted by Gasteiger charge is 2.10. The Morgan fingerprint density at radius 2 is 1.83 bits per heavy atom. The first kappa shape index (κ1) is 12.3. The minimum absolute atomic E-state index is 0.130. The van der Waals surface area contributed by atoms with E-state index in [1.807, 2.05) is 0 Å². The van der Waals surface area contributed by atoms with Crippen LogP contribution in [0.25, 0.3) is 0 Å². The van der Waals surface area contributed by atoms with Gasteiger partial charge in [-0.25, -0.2) is 4.79 Å². The fourth-order valence-electron chi connectivity index (χ4n) is 1.54. The molecule has 0 radical (unpaired) electrons. The second-order valence-electron chi connectivity index (χ2n) is 3.74. The fraction of sp³-hybridized carbons (Fsp3) is 0. The van der Waals surface area contributed by atoms with Crippen LogP contribution in [0, 0.1) is 0 Å². The van der Waals surface area contributed by atoms with Crippen LogP contribution >= 0.6 is 11.6 Å². The highest BCUT2D eigenvalue weighted by Crippen LogP contribution is 2.24. The molecule has 2 aromatic carbocycles. The van der Waals surface area contributed by atoms with E-state index in [1.54, 1.807) is 36.4 Å². The summed E-state index contributed by atoms with van der Waals surface area (Å²) < 4.78 is 0. The number of nitrogen functional groups attached to an aromatic ring is 1. The van der Waals surface area contributed by atoms with Crippen LogP contribution in [0.5, 0.6) is 0 Å². The molecule has 2 rings (SSSR count). The molecule has 18 heavy (non-hydrogen) atoms. The van der Waals surface area contributed by atoms with Crippen molar-refractivity contribution in [1.82, 2.24) is 0 Å². The standard InChI is InChI=1S/C13H11ClN2O2/c14-8-1-4-10(5-2-8)16-12-6-3-9(15)7-11(12)13(17)18/h1-7,16H,15H2,(H,17,18). The Labute approximate surface area is 109 Å². The van der Waals surface area contributed by atoms with Crippen LogP contribution < -0.4 is 11.1 Å². The molecule has 0 heterocycles. The van der Waals surface area contributed by atoms with Crippen LogP contribution in [0.2, 0.25) is 5.02 Å². The van der Waals surface area contributed by atoms with Crippen LogP contribution in [0.4, 0.5) is 17.1 Å². The molecular weight excluding hydrogens is 252 g/mol. The van der Waals surface area contributed by atoms with Crippen molar-refractivity contribution in [3.63, 3.8) is 0 Å². The minimum Gasteiger partial charge on any atom is -0.478 e. The van der Waals surface area contributed by atoms with E-state index in [9.17, 15) is 4.79 Å². The van der Waals surface area contributed by atoms with Gasteiger partial charge in [0.05, 0.1) is 11.3 Å². The van der Waals surface area contributed by atoms with Gasteiger partial charge < -0.3 is 16.2 Å². The summed E-state index contributed by atoms with van der Waals surface area (Å²) in [6, 6.07) is 11.7. The lowest BCUT2D eigenvalue weighted by Gasteiger charge is -2.10. The molecule has 0 fully saturated rings. The molecule has 0 aliphatic rings. The van der Waals surface area contributed by atoms with Crippen LogP contribution in [-0.4, -0.2) is 11.1 Å². The monoisotopic (exact) mass is 262 g/mol. The third-order valence-corrected chi connectivity index (χ3v) is 2.65. The smallest absolute Gasteiger partial charge is 0.337 e. The van der Waals surface area contributed by atoms with Gasteiger partial charge in [0, 0.05) is 16.4 Å². The average Bonchev–Trinajstić information content (AvgIpc) is 2.34. The van der Waals surface area contributed by atoms with Gasteiger partial charge in [-0.15, -0.1) is 0 Å². The Hall–Kier alpha value is -2.20. The Balaban J connectivity index is 2.34. The van der Waals surface area contributed by atoms with Gasteiger partial charge in [-0.1, -0.05) is 11.6 Å². The Morgan fingerprint density at radius 3 is 2.44 bits per heavy atom. The van der Waals surface area contributed by atoms with E-state index >= 15 is 0 Å². The molecular formula is C13H11ClN2O2. The molecule has 0 aliphatic heterocycles. The minimum atomic E-state index is -1.03. The lowest BCUT2D eigenvalue weighted by molar-refractivity contribution is 0.0698. The molecule has 0 saturated heterocycles. The Morgan fingerprint density at radius 1 is 1.17 bits per heavy atom. The first-order valence-electron chi connectivity index (χ1n) is 5.21. The number of rotatable bonds is 3. The number of aromatic carboxylic acids is 1. The van der Waals surface area contributed by atoms with Gasteiger partial charge in [0.1, 0.15) is 0 Å². The zero-order chi connectivity index (χ0) is 13.1. The third-order valence-electron chi connectivity index (χ3n) is 2.40. The van der Waals surface area contributed by atoms with Crippen molar-refractivity contribution in [2.75, 3.05) is 11.1 Å². The van der Waals surface area contributed by atoms with Crippen LogP contribution in [0.15, 0.2) is 42.5 Å². The van der Waals surface area contributed by atoms with Gasteiger partial charge in [0.15, 0.2) is 0 Å². The van der Waals surface area contributed by atoms with Crippen molar-refractivity contribution >= 4 is 34.6 Å². The number of carbonyl (C=O) groups is 1. The van der Waals surface area contributed by atoms with E-state index in [4.69, 9.17) is 22.4 Å². The van der Waals surface area contributed by atoms with Crippen LogP contribution in [0.3, 0.4) is 0 Å². The molecule has 0 atom stereocenters. The highest BCUT2D eigenvalue weighted by molar-refractivity contribution is 6.30. The fourth-order valence-corrected chi connectivity index (χ4v) is 1.66. The lowest BCUT2D eigenvalue weighted by atomic mass is 10.1. The molecule has 0 spiro atoms. The number of anilines is 3. The molecule has 0 aliphatic carbocycles. The summed E-state index contributed by atoms with van der Waals surface area (Å²) in [7, 11) is 0. The van der Waals surface area contributed by atoms with E-state index in [1.165, 1.54) is 6.07 Å². The number of halogens is 1. The summed E-state index contributed by atoms with van der Waals surface area (Å²) >= 11 is 5.78. The maximum atomic E-state index is 11.1. The number of nitrogens with two attached hydrogens (primary N) is 1. The second kappa shape index (κ2) is 4.98. The Kier molecular flexibility index (Phi) is 3.39. The molecule has 5 heteroatoms. The van der Waals surface area contributed by atoms with Crippen molar-refractivity contribution in [2.24, 2.45) is 0 Å². The van der Waals surface area contributed by atoms with Crippen molar-refractivity contribution in [3.05, 3.63) is 53.1 Å². The van der Waals surface area contributed by atoms with Gasteiger partial charge in [0.2, 0.25) is 0 Å². The van der Waals surface area contributed by atoms with E-state index in [0.29, 0.717) is 16.4 Å². The molecule has 0 aromatic heterocycles. The normalized spacial score (nSPS) is 10.1. The van der Waals surface area contributed by atoms with E-state index < -0.39 is 5.97 Å². The molecule has 4 N–H and O–H groups in total. The van der Waals surface area contributed by atoms with Gasteiger partial charge >= 0.3 is 5.97 Å². The molecule has 0 unspecified atom stereocenters. The van der Waals surface area contributed by atoms with Gasteiger partial charge in [-0.2, -0.15) is 0 Å². The van der Waals surface area contributed by atoms with Crippen LogP contribution in [-0.2, 0) is 0 Å². The first-order chi connectivity index (χ1) is 8.56. The summed E-state index contributed by atoms with van der Waals surface area (Å²) in [6.07, 6.45) is 0. The quantitative estimate of drug-likeness (QED) is 0.742.